The molecule has 2 aromatic rings. The van der Waals surface area contributed by atoms with Crippen molar-refractivity contribution in [1.82, 2.24) is 0 Å². The van der Waals surface area contributed by atoms with Gasteiger partial charge in [0, 0.05) is 8.95 Å². The number of anilines is 2. The molecule has 0 aromatic heterocycles. The Morgan fingerprint density at radius 3 is 2.33 bits per heavy atom. The second-order valence-corrected chi connectivity index (χ2v) is 7.92. The fourth-order valence-electron chi connectivity index (χ4n) is 1.92. The van der Waals surface area contributed by atoms with E-state index in [4.69, 9.17) is 5.73 Å². The van der Waals surface area contributed by atoms with Gasteiger partial charge in [0.05, 0.1) is 11.4 Å². The smallest absolute Gasteiger partial charge is 0.263 e. The van der Waals surface area contributed by atoms with Gasteiger partial charge in [-0.25, -0.2) is 8.42 Å². The van der Waals surface area contributed by atoms with Crippen molar-refractivity contribution in [1.29, 1.82) is 0 Å². The highest BCUT2D eigenvalue weighted by Gasteiger charge is 2.19. The number of hydrogen-bond acceptors (Lipinski definition) is 3. The van der Waals surface area contributed by atoms with Crippen LogP contribution >= 0.6 is 31.9 Å². The third-order valence-corrected chi connectivity index (χ3v) is 5.38. The van der Waals surface area contributed by atoms with E-state index in [-0.39, 0.29) is 10.6 Å². The van der Waals surface area contributed by atoms with Crippen molar-refractivity contribution in [3.8, 4) is 0 Å². The molecule has 0 bridgehead atoms. The Kier molecular flexibility index (Phi) is 4.95. The number of hydrogen-bond donors (Lipinski definition) is 2. The van der Waals surface area contributed by atoms with Gasteiger partial charge >= 0.3 is 0 Å². The van der Waals surface area contributed by atoms with E-state index in [2.05, 4.69) is 36.6 Å². The second kappa shape index (κ2) is 6.37. The molecule has 0 saturated heterocycles. The number of halogens is 2. The van der Waals surface area contributed by atoms with Crippen LogP contribution in [0.3, 0.4) is 0 Å². The van der Waals surface area contributed by atoms with Crippen LogP contribution in [-0.2, 0) is 16.4 Å². The van der Waals surface area contributed by atoms with Gasteiger partial charge in [0.1, 0.15) is 4.90 Å². The van der Waals surface area contributed by atoms with Crippen LogP contribution in [0.25, 0.3) is 0 Å². The minimum Gasteiger partial charge on any atom is -0.398 e. The van der Waals surface area contributed by atoms with Crippen LogP contribution in [0.1, 0.15) is 12.5 Å². The molecule has 7 heteroatoms. The Bertz CT molecular complexity index is 777. The van der Waals surface area contributed by atoms with E-state index in [9.17, 15) is 8.42 Å². The molecule has 0 aliphatic carbocycles. The molecule has 4 nitrogen and oxygen atoms in total. The maximum absolute atomic E-state index is 12.5. The third-order valence-electron chi connectivity index (χ3n) is 2.95. The maximum Gasteiger partial charge on any atom is 0.263 e. The second-order valence-electron chi connectivity index (χ2n) is 4.44. The first-order valence-electron chi connectivity index (χ1n) is 6.19. The van der Waals surface area contributed by atoms with Crippen molar-refractivity contribution >= 4 is 53.3 Å². The Balaban J connectivity index is 2.42. The summed E-state index contributed by atoms with van der Waals surface area (Å²) in [6.07, 6.45) is 0.715. The van der Waals surface area contributed by atoms with Gasteiger partial charge in [0.2, 0.25) is 0 Å². The quantitative estimate of drug-likeness (QED) is 0.711. The van der Waals surface area contributed by atoms with Gasteiger partial charge in [-0.2, -0.15) is 0 Å². The fourth-order valence-corrected chi connectivity index (χ4v) is 3.92. The predicted molar refractivity (Wildman–Crippen MR) is 92.9 cm³/mol. The summed E-state index contributed by atoms with van der Waals surface area (Å²) in [5.74, 6) is 0. The molecule has 0 fully saturated rings. The normalized spacial score (nSPS) is 11.4. The van der Waals surface area contributed by atoms with Gasteiger partial charge in [0.25, 0.3) is 10.0 Å². The number of sulfonamides is 1. The standard InChI is InChI=1S/C14H14Br2N2O2S/c1-2-9-7-10(15)3-5-13(9)18-21(19,20)14-6-4-11(16)8-12(14)17/h3-8,18H,2,17H2,1H3. The fraction of sp³-hybridized carbons (Fsp3) is 0.143. The zero-order valence-corrected chi connectivity index (χ0v) is 15.2. The van der Waals surface area contributed by atoms with Crippen LogP contribution in [0.15, 0.2) is 50.2 Å². The monoisotopic (exact) mass is 432 g/mol. The first-order valence-corrected chi connectivity index (χ1v) is 9.26. The molecule has 21 heavy (non-hydrogen) atoms. The van der Waals surface area contributed by atoms with Crippen molar-refractivity contribution in [2.45, 2.75) is 18.2 Å². The van der Waals surface area contributed by atoms with Crippen LogP contribution in [0.4, 0.5) is 11.4 Å². The van der Waals surface area contributed by atoms with E-state index in [0.717, 1.165) is 14.5 Å². The summed E-state index contributed by atoms with van der Waals surface area (Å²) < 4.78 is 29.2. The van der Waals surface area contributed by atoms with E-state index in [1.807, 2.05) is 13.0 Å². The molecule has 0 atom stereocenters. The molecule has 0 spiro atoms. The number of benzene rings is 2. The predicted octanol–water partition coefficient (Wildman–Crippen LogP) is 4.16. The highest BCUT2D eigenvalue weighted by Crippen LogP contribution is 2.27. The van der Waals surface area contributed by atoms with E-state index in [1.165, 1.54) is 6.07 Å². The van der Waals surface area contributed by atoms with Gasteiger partial charge in [-0.3, -0.25) is 4.72 Å². The van der Waals surface area contributed by atoms with Crippen molar-refractivity contribution in [3.05, 3.63) is 50.9 Å². The summed E-state index contributed by atoms with van der Waals surface area (Å²) in [4.78, 5) is 0.0654. The lowest BCUT2D eigenvalue weighted by atomic mass is 10.1. The lowest BCUT2D eigenvalue weighted by molar-refractivity contribution is 0.601. The van der Waals surface area contributed by atoms with E-state index < -0.39 is 10.0 Å². The van der Waals surface area contributed by atoms with Gasteiger partial charge in [-0.1, -0.05) is 38.8 Å². The summed E-state index contributed by atoms with van der Waals surface area (Å²) in [6.45, 7) is 1.97. The number of aryl methyl sites for hydroxylation is 1. The van der Waals surface area contributed by atoms with Crippen LogP contribution in [0, 0.1) is 0 Å². The molecule has 0 radical (unpaired) electrons. The number of nitrogens with one attached hydrogen (secondary N) is 1. The molecular weight excluding hydrogens is 420 g/mol. The molecule has 112 valence electrons. The van der Waals surface area contributed by atoms with Gasteiger partial charge in [0.15, 0.2) is 0 Å². The van der Waals surface area contributed by atoms with Crippen LogP contribution in [0.5, 0.6) is 0 Å². The largest absolute Gasteiger partial charge is 0.398 e. The summed E-state index contributed by atoms with van der Waals surface area (Å²) >= 11 is 6.64. The Morgan fingerprint density at radius 1 is 1.10 bits per heavy atom. The molecule has 0 unspecified atom stereocenters. The lowest BCUT2D eigenvalue weighted by Gasteiger charge is -2.13. The number of nitrogen functional groups attached to an aromatic ring is 1. The molecule has 0 amide bonds. The van der Waals surface area contributed by atoms with Crippen LogP contribution < -0.4 is 10.5 Å². The zero-order valence-electron chi connectivity index (χ0n) is 11.2. The molecule has 2 aromatic carbocycles. The summed E-state index contributed by atoms with van der Waals surface area (Å²) in [5.41, 5.74) is 7.46. The highest BCUT2D eigenvalue weighted by atomic mass is 79.9. The molecule has 0 saturated carbocycles. The topological polar surface area (TPSA) is 72.2 Å². The average molecular weight is 434 g/mol. The summed E-state index contributed by atoms with van der Waals surface area (Å²) in [5, 5.41) is 0. The molecule has 3 N–H and O–H groups in total. The Labute approximate surface area is 141 Å². The molecule has 2 rings (SSSR count). The van der Waals surface area contributed by atoms with Crippen LogP contribution in [-0.4, -0.2) is 8.42 Å². The number of nitrogens with two attached hydrogens (primary N) is 1. The van der Waals surface area contributed by atoms with Gasteiger partial charge in [-0.15, -0.1) is 0 Å². The average Bonchev–Trinajstić information content (AvgIpc) is 2.40. The third kappa shape index (κ3) is 3.78. The van der Waals surface area contributed by atoms with Crippen molar-refractivity contribution in [2.24, 2.45) is 0 Å². The molecule has 0 heterocycles. The van der Waals surface area contributed by atoms with E-state index >= 15 is 0 Å². The van der Waals surface area contributed by atoms with Gasteiger partial charge < -0.3 is 5.73 Å². The summed E-state index contributed by atoms with van der Waals surface area (Å²) in [6, 6.07) is 10.1. The van der Waals surface area contributed by atoms with Crippen LogP contribution in [0.2, 0.25) is 0 Å². The Morgan fingerprint density at radius 2 is 1.71 bits per heavy atom. The molecule has 0 aliphatic heterocycles. The van der Waals surface area contributed by atoms with Gasteiger partial charge in [-0.05, 0) is 48.4 Å². The molecule has 0 aliphatic rings. The van der Waals surface area contributed by atoms with E-state index in [0.29, 0.717) is 12.1 Å². The summed E-state index contributed by atoms with van der Waals surface area (Å²) in [7, 11) is -3.72. The minimum atomic E-state index is -3.72. The highest BCUT2D eigenvalue weighted by molar-refractivity contribution is 9.10. The SMILES string of the molecule is CCc1cc(Br)ccc1NS(=O)(=O)c1ccc(Br)cc1N. The first-order chi connectivity index (χ1) is 9.83. The van der Waals surface area contributed by atoms with Crippen molar-refractivity contribution in [3.63, 3.8) is 0 Å². The zero-order chi connectivity index (χ0) is 15.6. The lowest BCUT2D eigenvalue weighted by Crippen LogP contribution is -2.15. The number of rotatable bonds is 4. The van der Waals surface area contributed by atoms with Crippen molar-refractivity contribution in [2.75, 3.05) is 10.5 Å². The Hall–Kier alpha value is -1.05. The van der Waals surface area contributed by atoms with E-state index in [1.54, 1.807) is 24.3 Å². The maximum atomic E-state index is 12.5. The first kappa shape index (κ1) is 16.3. The van der Waals surface area contributed by atoms with Crippen molar-refractivity contribution < 1.29 is 8.42 Å². The minimum absolute atomic E-state index is 0.0654. The molecular formula is C14H14Br2N2O2S.